The number of rotatable bonds is 3. The number of aryl methyl sites for hydroxylation is 1. The summed E-state index contributed by atoms with van der Waals surface area (Å²) in [7, 11) is 0. The summed E-state index contributed by atoms with van der Waals surface area (Å²) in [6.07, 6.45) is 4.50. The van der Waals surface area contributed by atoms with E-state index in [2.05, 4.69) is 17.2 Å². The number of hydrogen-bond donors (Lipinski definition) is 2. The van der Waals surface area contributed by atoms with E-state index >= 15 is 0 Å². The molecule has 0 saturated carbocycles. The predicted molar refractivity (Wildman–Crippen MR) is 61.0 cm³/mol. The van der Waals surface area contributed by atoms with Crippen LogP contribution in [0, 0.1) is 0 Å². The van der Waals surface area contributed by atoms with E-state index in [1.807, 2.05) is 6.07 Å². The lowest BCUT2D eigenvalue weighted by atomic mass is 9.91. The topological polar surface area (TPSA) is 44.9 Å². The Labute approximate surface area is 89.9 Å². The maximum absolute atomic E-state index is 11.2. The highest BCUT2D eigenvalue weighted by Gasteiger charge is 2.19. The van der Waals surface area contributed by atoms with E-state index < -0.39 is 0 Å². The zero-order valence-electron chi connectivity index (χ0n) is 9.18. The SMILES string of the molecule is CCCN[C@H]1CCCc2[nH]c(=O)ccc21. The molecule has 1 aromatic heterocycles. The van der Waals surface area contributed by atoms with Gasteiger partial charge >= 0.3 is 0 Å². The molecule has 1 atom stereocenters. The van der Waals surface area contributed by atoms with Crippen molar-refractivity contribution in [1.82, 2.24) is 10.3 Å². The van der Waals surface area contributed by atoms with Gasteiger partial charge in [-0.2, -0.15) is 0 Å². The van der Waals surface area contributed by atoms with Gasteiger partial charge in [-0.05, 0) is 37.8 Å². The lowest BCUT2D eigenvalue weighted by Crippen LogP contribution is -2.27. The van der Waals surface area contributed by atoms with Crippen molar-refractivity contribution in [2.75, 3.05) is 6.54 Å². The van der Waals surface area contributed by atoms with Crippen LogP contribution in [0.25, 0.3) is 0 Å². The van der Waals surface area contributed by atoms with Crippen LogP contribution in [0.2, 0.25) is 0 Å². The molecule has 0 radical (unpaired) electrons. The predicted octanol–water partition coefficient (Wildman–Crippen LogP) is 1.75. The highest BCUT2D eigenvalue weighted by Crippen LogP contribution is 2.27. The first-order chi connectivity index (χ1) is 7.31. The van der Waals surface area contributed by atoms with E-state index in [0.717, 1.165) is 31.5 Å². The average Bonchev–Trinajstić information content (AvgIpc) is 2.25. The Morgan fingerprint density at radius 1 is 1.53 bits per heavy atom. The number of aromatic nitrogens is 1. The Bertz CT molecular complexity index is 383. The molecule has 0 saturated heterocycles. The van der Waals surface area contributed by atoms with Crippen LogP contribution in [-0.4, -0.2) is 11.5 Å². The number of fused-ring (bicyclic) bond motifs is 1. The van der Waals surface area contributed by atoms with Gasteiger partial charge in [0.2, 0.25) is 5.56 Å². The molecule has 2 rings (SSSR count). The Kier molecular flexibility index (Phi) is 3.21. The summed E-state index contributed by atoms with van der Waals surface area (Å²) in [6.45, 7) is 3.22. The molecule has 1 aliphatic carbocycles. The normalized spacial score (nSPS) is 19.9. The fourth-order valence-electron chi connectivity index (χ4n) is 2.23. The van der Waals surface area contributed by atoms with E-state index in [0.29, 0.717) is 6.04 Å². The molecule has 15 heavy (non-hydrogen) atoms. The smallest absolute Gasteiger partial charge is 0.248 e. The molecule has 2 N–H and O–H groups in total. The molecule has 0 unspecified atom stereocenters. The van der Waals surface area contributed by atoms with E-state index in [9.17, 15) is 4.79 Å². The van der Waals surface area contributed by atoms with Gasteiger partial charge < -0.3 is 10.3 Å². The van der Waals surface area contributed by atoms with Crippen molar-refractivity contribution in [3.63, 3.8) is 0 Å². The van der Waals surface area contributed by atoms with Gasteiger partial charge in [-0.3, -0.25) is 4.79 Å². The second kappa shape index (κ2) is 4.62. The molecule has 0 amide bonds. The molecule has 0 aliphatic heterocycles. The Balaban J connectivity index is 2.22. The Morgan fingerprint density at radius 3 is 3.20 bits per heavy atom. The van der Waals surface area contributed by atoms with Gasteiger partial charge in [0.15, 0.2) is 0 Å². The van der Waals surface area contributed by atoms with Gasteiger partial charge in [0, 0.05) is 17.8 Å². The van der Waals surface area contributed by atoms with E-state index in [1.165, 1.54) is 12.0 Å². The van der Waals surface area contributed by atoms with Crippen molar-refractivity contribution in [2.24, 2.45) is 0 Å². The highest BCUT2D eigenvalue weighted by molar-refractivity contribution is 5.26. The summed E-state index contributed by atoms with van der Waals surface area (Å²) in [5.74, 6) is 0. The molecule has 1 aromatic rings. The first-order valence-corrected chi connectivity index (χ1v) is 5.76. The number of aromatic amines is 1. The van der Waals surface area contributed by atoms with Crippen LogP contribution in [0.3, 0.4) is 0 Å². The van der Waals surface area contributed by atoms with Crippen molar-refractivity contribution in [3.8, 4) is 0 Å². The molecule has 0 bridgehead atoms. The van der Waals surface area contributed by atoms with Gasteiger partial charge in [0.1, 0.15) is 0 Å². The minimum absolute atomic E-state index is 0.0184. The Hall–Kier alpha value is -1.09. The molecular weight excluding hydrogens is 188 g/mol. The summed E-state index contributed by atoms with van der Waals surface area (Å²) in [6, 6.07) is 4.04. The zero-order valence-corrected chi connectivity index (χ0v) is 9.18. The van der Waals surface area contributed by atoms with Crippen molar-refractivity contribution in [3.05, 3.63) is 33.7 Å². The van der Waals surface area contributed by atoms with Gasteiger partial charge in [-0.15, -0.1) is 0 Å². The third-order valence-electron chi connectivity index (χ3n) is 2.97. The van der Waals surface area contributed by atoms with E-state index in [1.54, 1.807) is 6.07 Å². The summed E-state index contributed by atoms with van der Waals surface area (Å²) < 4.78 is 0. The fraction of sp³-hybridized carbons (Fsp3) is 0.583. The summed E-state index contributed by atoms with van der Waals surface area (Å²) >= 11 is 0. The van der Waals surface area contributed by atoms with Crippen molar-refractivity contribution in [2.45, 2.75) is 38.6 Å². The number of nitrogens with one attached hydrogen (secondary N) is 2. The van der Waals surface area contributed by atoms with Crippen LogP contribution in [0.15, 0.2) is 16.9 Å². The molecule has 0 spiro atoms. The largest absolute Gasteiger partial charge is 0.326 e. The summed E-state index contributed by atoms with van der Waals surface area (Å²) in [5.41, 5.74) is 2.43. The highest BCUT2D eigenvalue weighted by atomic mass is 16.1. The minimum atomic E-state index is 0.0184. The second-order valence-electron chi connectivity index (χ2n) is 4.16. The van der Waals surface area contributed by atoms with E-state index in [-0.39, 0.29) is 5.56 Å². The number of hydrogen-bond acceptors (Lipinski definition) is 2. The van der Waals surface area contributed by atoms with E-state index in [4.69, 9.17) is 0 Å². The van der Waals surface area contributed by atoms with Crippen LogP contribution in [0.4, 0.5) is 0 Å². The average molecular weight is 206 g/mol. The number of H-pyrrole nitrogens is 1. The van der Waals surface area contributed by atoms with Crippen LogP contribution >= 0.6 is 0 Å². The molecule has 1 aliphatic rings. The van der Waals surface area contributed by atoms with Crippen LogP contribution in [-0.2, 0) is 6.42 Å². The molecular formula is C12H18N2O. The standard InChI is InChI=1S/C12H18N2O/c1-2-8-13-10-4-3-5-11-9(10)6-7-12(15)14-11/h6-7,10,13H,2-5,8H2,1H3,(H,14,15)/t10-/m0/s1. The second-order valence-corrected chi connectivity index (χ2v) is 4.16. The van der Waals surface area contributed by atoms with Crippen molar-refractivity contribution < 1.29 is 0 Å². The molecule has 0 fully saturated rings. The molecule has 1 heterocycles. The lowest BCUT2D eigenvalue weighted by molar-refractivity contribution is 0.455. The fourth-order valence-corrected chi connectivity index (χ4v) is 2.23. The summed E-state index contributed by atoms with van der Waals surface area (Å²) in [5, 5.41) is 3.52. The summed E-state index contributed by atoms with van der Waals surface area (Å²) in [4.78, 5) is 14.1. The van der Waals surface area contributed by atoms with Gasteiger partial charge in [-0.25, -0.2) is 0 Å². The molecule has 82 valence electrons. The van der Waals surface area contributed by atoms with Gasteiger partial charge in [0.25, 0.3) is 0 Å². The maximum atomic E-state index is 11.2. The molecule has 3 nitrogen and oxygen atoms in total. The van der Waals surface area contributed by atoms with Crippen LogP contribution in [0.1, 0.15) is 43.5 Å². The first kappa shape index (κ1) is 10.4. The lowest BCUT2D eigenvalue weighted by Gasteiger charge is -2.25. The first-order valence-electron chi connectivity index (χ1n) is 5.76. The molecule has 0 aromatic carbocycles. The quantitative estimate of drug-likeness (QED) is 0.791. The van der Waals surface area contributed by atoms with Crippen molar-refractivity contribution >= 4 is 0 Å². The van der Waals surface area contributed by atoms with Gasteiger partial charge in [0.05, 0.1) is 0 Å². The zero-order chi connectivity index (χ0) is 10.7. The molecule has 3 heteroatoms. The minimum Gasteiger partial charge on any atom is -0.326 e. The Morgan fingerprint density at radius 2 is 2.40 bits per heavy atom. The third-order valence-corrected chi connectivity index (χ3v) is 2.97. The number of pyridine rings is 1. The maximum Gasteiger partial charge on any atom is 0.248 e. The van der Waals surface area contributed by atoms with Gasteiger partial charge in [-0.1, -0.05) is 13.0 Å². The van der Waals surface area contributed by atoms with Crippen molar-refractivity contribution in [1.29, 1.82) is 0 Å². The van der Waals surface area contributed by atoms with Crippen LogP contribution in [0.5, 0.6) is 0 Å². The van der Waals surface area contributed by atoms with Crippen LogP contribution < -0.4 is 10.9 Å². The third kappa shape index (κ3) is 2.29. The monoisotopic (exact) mass is 206 g/mol.